The van der Waals surface area contributed by atoms with Gasteiger partial charge in [-0.05, 0) is 40.8 Å². The van der Waals surface area contributed by atoms with E-state index in [1.54, 1.807) is 45.9 Å². The summed E-state index contributed by atoms with van der Waals surface area (Å²) in [5.74, 6) is -9.93. The molecule has 3 aromatic carbocycles. The number of phenolic OH excluding ortho intramolecular Hbond substituents is 1. The van der Waals surface area contributed by atoms with Crippen LogP contribution in [0.1, 0.15) is 56.5 Å². The molecule has 2 fully saturated rings. The van der Waals surface area contributed by atoms with E-state index in [-0.39, 0.29) is 11.3 Å². The molecule has 12 nitrogen and oxygen atoms in total. The highest BCUT2D eigenvalue weighted by molar-refractivity contribution is 6.11. The number of Topliss-reactive ketones (excluding diaryl/α,β-unsaturated/α-hetero) is 2. The number of primary amides is 1. The van der Waals surface area contributed by atoms with Crippen molar-refractivity contribution >= 4 is 45.7 Å². The molecule has 0 aromatic heterocycles. The lowest BCUT2D eigenvalue weighted by atomic mass is 9.36. The smallest absolute Gasteiger partial charge is 0.323 e. The molecule has 0 saturated heterocycles. The molecule has 3 aromatic rings. The van der Waals surface area contributed by atoms with Gasteiger partial charge in [-0.15, -0.1) is 0 Å². The fourth-order valence-corrected chi connectivity index (χ4v) is 9.47. The summed E-state index contributed by atoms with van der Waals surface area (Å²) in [6.07, 6.45) is -5.53. The van der Waals surface area contributed by atoms with E-state index in [2.05, 4.69) is 10.6 Å². The Morgan fingerprint density at radius 2 is 1.54 bits per heavy atom. The third-order valence-corrected chi connectivity index (χ3v) is 11.9. The number of aromatic hydroxyl groups is 1. The number of aliphatic hydroxyl groups is 4. The fraction of sp³-hybridized carbons (Fsp3) is 0.444. The highest BCUT2D eigenvalue weighted by atomic mass is 16.4. The van der Waals surface area contributed by atoms with Crippen molar-refractivity contribution in [3.63, 3.8) is 0 Å². The van der Waals surface area contributed by atoms with Crippen LogP contribution in [0.4, 0.5) is 16.2 Å². The molecule has 0 aliphatic heterocycles. The lowest BCUT2D eigenvalue weighted by molar-refractivity contribution is -0.306. The second kappa shape index (κ2) is 11.1. The number of benzene rings is 3. The van der Waals surface area contributed by atoms with Gasteiger partial charge in [0.15, 0.2) is 17.2 Å². The maximum Gasteiger partial charge on any atom is 0.323 e. The summed E-state index contributed by atoms with van der Waals surface area (Å²) in [6, 6.07) is 15.1. The van der Waals surface area contributed by atoms with E-state index >= 15 is 0 Å². The van der Waals surface area contributed by atoms with Crippen LogP contribution >= 0.6 is 0 Å². The number of fused-ring (bicyclic) bond motifs is 4. The Labute approximate surface area is 277 Å². The average Bonchev–Trinajstić information content (AvgIpc) is 3.02. The minimum absolute atomic E-state index is 0.115. The van der Waals surface area contributed by atoms with Crippen LogP contribution in [0.15, 0.2) is 54.6 Å². The van der Waals surface area contributed by atoms with Gasteiger partial charge in [-0.1, -0.05) is 77.1 Å². The Morgan fingerprint density at radius 1 is 0.917 bits per heavy atom. The highest BCUT2D eigenvalue weighted by Gasteiger charge is 2.80. The molecule has 0 bridgehead atoms. The number of aliphatic hydroxyl groups excluding tert-OH is 3. The fourth-order valence-electron chi connectivity index (χ4n) is 9.47. The predicted octanol–water partition coefficient (Wildman–Crippen LogP) is 2.90. The summed E-state index contributed by atoms with van der Waals surface area (Å²) in [6.45, 7) is 8.02. The van der Waals surface area contributed by atoms with Gasteiger partial charge in [0.25, 0.3) is 0 Å². The number of rotatable bonds is 4. The quantitative estimate of drug-likeness (QED) is 0.152. The minimum atomic E-state index is -2.89. The second-order valence-electron chi connectivity index (χ2n) is 14.4. The summed E-state index contributed by atoms with van der Waals surface area (Å²) in [5, 5.41) is 66.5. The van der Waals surface area contributed by atoms with E-state index in [9.17, 15) is 44.7 Å². The first-order valence-electron chi connectivity index (χ1n) is 16.0. The zero-order chi connectivity index (χ0) is 35.2. The molecule has 12 heteroatoms. The van der Waals surface area contributed by atoms with Gasteiger partial charge < -0.3 is 41.9 Å². The Morgan fingerprint density at radius 3 is 2.19 bits per heavy atom. The van der Waals surface area contributed by atoms with Gasteiger partial charge in [0.1, 0.15) is 17.8 Å². The number of amides is 3. The molecule has 3 amide bonds. The van der Waals surface area contributed by atoms with E-state index in [4.69, 9.17) is 5.73 Å². The lowest BCUT2D eigenvalue weighted by Gasteiger charge is -2.69. The zero-order valence-electron chi connectivity index (χ0n) is 27.3. The van der Waals surface area contributed by atoms with E-state index in [1.807, 2.05) is 30.3 Å². The van der Waals surface area contributed by atoms with E-state index in [0.717, 1.165) is 10.8 Å². The summed E-state index contributed by atoms with van der Waals surface area (Å²) in [5.41, 5.74) is -0.383. The first-order valence-corrected chi connectivity index (χ1v) is 16.0. The summed E-state index contributed by atoms with van der Waals surface area (Å²) >= 11 is 0. The van der Waals surface area contributed by atoms with Gasteiger partial charge in [-0.25, -0.2) is 4.79 Å². The maximum absolute atomic E-state index is 14.5. The largest absolute Gasteiger partial charge is 0.505 e. The van der Waals surface area contributed by atoms with E-state index in [0.29, 0.717) is 11.3 Å². The Bertz CT molecular complexity index is 1870. The molecular formula is C36H41N3O9. The minimum Gasteiger partial charge on any atom is -0.505 e. The van der Waals surface area contributed by atoms with Gasteiger partial charge in [0.2, 0.25) is 5.91 Å². The number of anilines is 2. The van der Waals surface area contributed by atoms with Gasteiger partial charge >= 0.3 is 6.03 Å². The number of nitrogens with two attached hydrogens (primary N) is 1. The molecule has 9 N–H and O–H groups in total. The van der Waals surface area contributed by atoms with Crippen LogP contribution < -0.4 is 16.4 Å². The molecule has 3 aliphatic carbocycles. The Hall–Kier alpha value is -4.36. The van der Waals surface area contributed by atoms with Gasteiger partial charge in [-0.3, -0.25) is 14.4 Å². The summed E-state index contributed by atoms with van der Waals surface area (Å²) in [4.78, 5) is 54.0. The molecule has 6 rings (SSSR count). The maximum atomic E-state index is 14.5. The lowest BCUT2D eigenvalue weighted by Crippen LogP contribution is -2.83. The summed E-state index contributed by atoms with van der Waals surface area (Å²) in [7, 11) is 0. The van der Waals surface area contributed by atoms with Crippen molar-refractivity contribution in [3.8, 4) is 5.75 Å². The highest BCUT2D eigenvalue weighted by Crippen LogP contribution is 2.68. The van der Waals surface area contributed by atoms with Crippen LogP contribution in [0.3, 0.4) is 0 Å². The molecule has 254 valence electrons. The van der Waals surface area contributed by atoms with Crippen molar-refractivity contribution in [2.24, 2.45) is 40.2 Å². The number of carbonyl (C=O) groups is 4. The van der Waals surface area contributed by atoms with Crippen molar-refractivity contribution in [3.05, 3.63) is 65.7 Å². The van der Waals surface area contributed by atoms with Crippen molar-refractivity contribution in [2.45, 2.75) is 64.4 Å². The van der Waals surface area contributed by atoms with Crippen LogP contribution in [-0.2, 0) is 9.59 Å². The predicted molar refractivity (Wildman–Crippen MR) is 176 cm³/mol. The standard InChI is InChI=1S/C36H41N3O9/c1-15(2)24-28(42)23(31(37)45)29(43)36(48)30(44)25-27(41)22-18(16(3)34(25,4)32(46)35(24,36)5)13-14-21(26(22)40)39-33(47)38-20-12-8-10-17-9-6-7-11-19(17)20/h6-16,23-25,28,30,32,40,42,44,46,48H,1-5H3,(H2,37,45)(H2,38,39,47)/t16-,23?,24+,25?,28?,30?,32-,34+,35+,36+/m1/s1. The third-order valence-electron chi connectivity index (χ3n) is 11.9. The Kier molecular flexibility index (Phi) is 7.75. The molecule has 48 heavy (non-hydrogen) atoms. The first-order chi connectivity index (χ1) is 22.4. The topological polar surface area (TPSA) is 220 Å². The number of ketones is 2. The SMILES string of the molecule is CC(C)[C@H]1C(O)C(C(N)=O)C(=O)[C@]2(O)C(O)C3C(=O)c4c(ccc(NC(=O)Nc5cccc6ccccc56)c4O)[C@@H](C)[C@]3(C)[C@@H](O)[C@]12C. The van der Waals surface area contributed by atoms with Gasteiger partial charge in [0.05, 0.1) is 35.1 Å². The van der Waals surface area contributed by atoms with Crippen molar-refractivity contribution in [1.82, 2.24) is 0 Å². The molecular weight excluding hydrogens is 618 g/mol. The molecule has 0 spiro atoms. The normalized spacial score (nSPS) is 35.8. The molecule has 4 unspecified atom stereocenters. The molecule has 0 radical (unpaired) electrons. The first kappa shape index (κ1) is 33.5. The van der Waals surface area contributed by atoms with Crippen molar-refractivity contribution in [1.29, 1.82) is 0 Å². The molecule has 10 atom stereocenters. The summed E-state index contributed by atoms with van der Waals surface area (Å²) < 4.78 is 0. The average molecular weight is 660 g/mol. The number of phenols is 1. The number of hydrogen-bond acceptors (Lipinski definition) is 9. The van der Waals surface area contributed by atoms with Gasteiger partial charge in [-0.2, -0.15) is 0 Å². The molecule has 0 heterocycles. The van der Waals surface area contributed by atoms with Crippen LogP contribution in [0, 0.1) is 34.5 Å². The molecule has 3 aliphatic rings. The number of nitrogens with one attached hydrogen (secondary N) is 2. The third kappa shape index (κ3) is 4.16. The number of urea groups is 1. The zero-order valence-corrected chi connectivity index (χ0v) is 27.3. The van der Waals surface area contributed by atoms with Crippen molar-refractivity contribution < 1.29 is 44.7 Å². The monoisotopic (exact) mass is 659 g/mol. The van der Waals surface area contributed by atoms with Crippen molar-refractivity contribution in [2.75, 3.05) is 10.6 Å². The Balaban J connectivity index is 1.43. The van der Waals surface area contributed by atoms with Crippen LogP contribution in [0.5, 0.6) is 5.75 Å². The van der Waals surface area contributed by atoms with E-state index in [1.165, 1.54) is 13.0 Å². The molecule has 2 saturated carbocycles. The number of carbonyl (C=O) groups excluding carboxylic acids is 4. The number of hydrogen-bond donors (Lipinski definition) is 8. The van der Waals surface area contributed by atoms with Crippen LogP contribution in [0.25, 0.3) is 10.8 Å². The van der Waals surface area contributed by atoms with E-state index < -0.39 is 93.6 Å². The van der Waals surface area contributed by atoms with Crippen LogP contribution in [-0.4, -0.2) is 73.0 Å². The van der Waals surface area contributed by atoms with Gasteiger partial charge in [0, 0.05) is 16.2 Å². The van der Waals surface area contributed by atoms with Crippen LogP contribution in [0.2, 0.25) is 0 Å². The second-order valence-corrected chi connectivity index (χ2v) is 14.4.